The number of piperidine rings is 1. The van der Waals surface area contributed by atoms with Crippen LogP contribution in [-0.4, -0.2) is 84.1 Å². The van der Waals surface area contributed by atoms with Gasteiger partial charge in [0.25, 0.3) is 0 Å². The van der Waals surface area contributed by atoms with Crippen LogP contribution in [0.5, 0.6) is 0 Å². The van der Waals surface area contributed by atoms with Gasteiger partial charge in [-0.3, -0.25) is 4.90 Å². The molecule has 0 aromatic rings. The van der Waals surface area contributed by atoms with E-state index in [1.54, 1.807) is 7.11 Å². The standard InChI is InChI=1S/C23H37NO5/c1-4-24-10-21(11-25)6-5-17(26)23-13-7-12-15(28-2)9-22(29-3,18(13)19(12)27)14(20(23)24)8-16(21)23/h12-20,25-27H,4-11H2,1-3H3/t12-,13+,14-,15-,16+,17-,18?,19-,20+,21-,22-,23+/m0/s1. The highest BCUT2D eigenvalue weighted by molar-refractivity contribution is 5.33. The molecule has 5 aliphatic carbocycles. The number of aliphatic hydroxyl groups is 3. The smallest absolute Gasteiger partial charge is 0.0802 e. The second-order valence-electron chi connectivity index (χ2n) is 11.1. The van der Waals surface area contributed by atoms with E-state index in [1.165, 1.54) is 0 Å². The van der Waals surface area contributed by atoms with Gasteiger partial charge >= 0.3 is 0 Å². The predicted molar refractivity (Wildman–Crippen MR) is 106 cm³/mol. The number of rotatable bonds is 4. The molecule has 0 amide bonds. The van der Waals surface area contributed by atoms with Crippen molar-refractivity contribution < 1.29 is 24.8 Å². The number of fused-ring (bicyclic) bond motifs is 2. The summed E-state index contributed by atoms with van der Waals surface area (Å²) in [6, 6.07) is 0.273. The summed E-state index contributed by atoms with van der Waals surface area (Å²) in [7, 11) is 3.60. The molecule has 5 saturated carbocycles. The average Bonchev–Trinajstić information content (AvgIpc) is 3.14. The van der Waals surface area contributed by atoms with Crippen molar-refractivity contribution in [1.29, 1.82) is 0 Å². The van der Waals surface area contributed by atoms with Gasteiger partial charge < -0.3 is 24.8 Å². The van der Waals surface area contributed by atoms with Gasteiger partial charge in [0.05, 0.1) is 30.5 Å². The number of nitrogens with zero attached hydrogens (tertiary/aromatic N) is 1. The van der Waals surface area contributed by atoms with Crippen LogP contribution in [0.15, 0.2) is 0 Å². The Bertz CT molecular complexity index is 705. The quantitative estimate of drug-likeness (QED) is 0.642. The molecule has 6 heteroatoms. The Morgan fingerprint density at radius 3 is 2.59 bits per heavy atom. The van der Waals surface area contributed by atoms with Crippen LogP contribution < -0.4 is 0 Å². The molecule has 1 spiro atoms. The molecular formula is C23H37NO5. The third-order valence-corrected chi connectivity index (χ3v) is 11.1. The first-order valence-corrected chi connectivity index (χ1v) is 11.7. The lowest BCUT2D eigenvalue weighted by molar-refractivity contribution is -0.277. The molecule has 0 aromatic carbocycles. The third-order valence-electron chi connectivity index (χ3n) is 11.1. The van der Waals surface area contributed by atoms with Gasteiger partial charge in [-0.25, -0.2) is 0 Å². The van der Waals surface area contributed by atoms with E-state index in [0.717, 1.165) is 45.2 Å². The zero-order valence-electron chi connectivity index (χ0n) is 18.0. The monoisotopic (exact) mass is 407 g/mol. The fraction of sp³-hybridized carbons (Fsp3) is 1.00. The van der Waals surface area contributed by atoms with Crippen molar-refractivity contribution in [2.75, 3.05) is 33.9 Å². The Hall–Kier alpha value is -0.240. The molecule has 6 aliphatic rings. The number of hydrogen-bond acceptors (Lipinski definition) is 6. The van der Waals surface area contributed by atoms with Crippen LogP contribution in [-0.2, 0) is 9.47 Å². The minimum absolute atomic E-state index is 0.0141. The lowest BCUT2D eigenvalue weighted by Gasteiger charge is -2.69. The lowest BCUT2D eigenvalue weighted by Crippen LogP contribution is -2.76. The molecule has 1 unspecified atom stereocenters. The number of hydrogen-bond donors (Lipinski definition) is 3. The molecule has 0 radical (unpaired) electrons. The number of aliphatic hydroxyl groups excluding tert-OH is 3. The number of likely N-dealkylation sites (tertiary alicyclic amines) is 1. The molecule has 164 valence electrons. The molecule has 0 aromatic heterocycles. The third kappa shape index (κ3) is 1.85. The van der Waals surface area contributed by atoms with E-state index < -0.39 is 11.7 Å². The molecule has 1 aliphatic heterocycles. The molecule has 29 heavy (non-hydrogen) atoms. The summed E-state index contributed by atoms with van der Waals surface area (Å²) in [5, 5.41) is 33.8. The second-order valence-corrected chi connectivity index (χ2v) is 11.1. The maximum Gasteiger partial charge on any atom is 0.0802 e. The molecule has 1 heterocycles. The molecule has 3 N–H and O–H groups in total. The van der Waals surface area contributed by atoms with Gasteiger partial charge in [0.15, 0.2) is 0 Å². The van der Waals surface area contributed by atoms with Gasteiger partial charge in [-0.1, -0.05) is 6.92 Å². The zero-order valence-corrected chi connectivity index (χ0v) is 18.0. The fourth-order valence-electron chi connectivity index (χ4n) is 10.4. The molecule has 6 rings (SSSR count). The summed E-state index contributed by atoms with van der Waals surface area (Å²) < 4.78 is 12.4. The summed E-state index contributed by atoms with van der Waals surface area (Å²) in [4.78, 5) is 2.57. The summed E-state index contributed by atoms with van der Waals surface area (Å²) >= 11 is 0. The summed E-state index contributed by atoms with van der Waals surface area (Å²) in [6.45, 7) is 4.28. The first kappa shape index (κ1) is 19.4. The second kappa shape index (κ2) is 5.96. The van der Waals surface area contributed by atoms with Crippen molar-refractivity contribution in [2.45, 2.75) is 69.0 Å². The Balaban J connectivity index is 1.60. The summed E-state index contributed by atoms with van der Waals surface area (Å²) in [5.74, 6) is 1.01. The fourth-order valence-corrected chi connectivity index (χ4v) is 10.4. The first-order chi connectivity index (χ1) is 13.9. The van der Waals surface area contributed by atoms with E-state index in [0.29, 0.717) is 5.92 Å². The maximum absolute atomic E-state index is 11.7. The molecular weight excluding hydrogens is 370 g/mol. The maximum atomic E-state index is 11.7. The first-order valence-electron chi connectivity index (χ1n) is 11.7. The van der Waals surface area contributed by atoms with E-state index in [1.807, 2.05) is 7.11 Å². The van der Waals surface area contributed by atoms with Gasteiger partial charge in [-0.05, 0) is 44.1 Å². The van der Waals surface area contributed by atoms with E-state index in [4.69, 9.17) is 9.47 Å². The Morgan fingerprint density at radius 2 is 1.93 bits per heavy atom. The van der Waals surface area contributed by atoms with Gasteiger partial charge in [0.2, 0.25) is 0 Å². The van der Waals surface area contributed by atoms with Crippen molar-refractivity contribution in [3.05, 3.63) is 0 Å². The van der Waals surface area contributed by atoms with E-state index in [2.05, 4.69) is 11.8 Å². The number of ether oxygens (including phenoxy) is 2. The SMILES string of the molecule is CCN1C[C@]2(CO)CC[C@H](O)[C@@]34[C@@H]5C[C@H]6[C@@H](OC)C[C@@](OC)(C5[C@H]6O)[C@@H](C[C@H]23)[C@@H]14. The Labute approximate surface area is 173 Å². The highest BCUT2D eigenvalue weighted by Crippen LogP contribution is 2.79. The van der Waals surface area contributed by atoms with E-state index in [9.17, 15) is 15.3 Å². The van der Waals surface area contributed by atoms with Crippen LogP contribution in [0.1, 0.15) is 39.0 Å². The van der Waals surface area contributed by atoms with Crippen molar-refractivity contribution in [3.63, 3.8) is 0 Å². The van der Waals surface area contributed by atoms with Gasteiger partial charge in [0.1, 0.15) is 0 Å². The zero-order chi connectivity index (χ0) is 20.3. The minimum Gasteiger partial charge on any atom is -0.396 e. The molecule has 1 saturated heterocycles. The van der Waals surface area contributed by atoms with Crippen LogP contribution in [0.3, 0.4) is 0 Å². The van der Waals surface area contributed by atoms with Gasteiger partial charge in [-0.2, -0.15) is 0 Å². The van der Waals surface area contributed by atoms with E-state index in [-0.39, 0.29) is 59.4 Å². The highest BCUT2D eigenvalue weighted by atomic mass is 16.5. The van der Waals surface area contributed by atoms with Gasteiger partial charge in [-0.15, -0.1) is 0 Å². The average molecular weight is 408 g/mol. The minimum atomic E-state index is -0.426. The largest absolute Gasteiger partial charge is 0.396 e. The van der Waals surface area contributed by atoms with Crippen molar-refractivity contribution in [3.8, 4) is 0 Å². The predicted octanol–water partition coefficient (Wildman–Crippen LogP) is 0.877. The Kier molecular flexibility index (Phi) is 4.00. The van der Waals surface area contributed by atoms with Crippen LogP contribution >= 0.6 is 0 Å². The van der Waals surface area contributed by atoms with Crippen molar-refractivity contribution >= 4 is 0 Å². The van der Waals surface area contributed by atoms with Crippen molar-refractivity contribution in [1.82, 2.24) is 4.90 Å². The molecule has 6 nitrogen and oxygen atoms in total. The number of methoxy groups -OCH3 is 2. The Morgan fingerprint density at radius 1 is 1.14 bits per heavy atom. The topological polar surface area (TPSA) is 82.4 Å². The summed E-state index contributed by atoms with van der Waals surface area (Å²) in [5.41, 5.74) is -0.758. The lowest BCUT2D eigenvalue weighted by atomic mass is 9.43. The molecule has 7 bridgehead atoms. The van der Waals surface area contributed by atoms with Gasteiger partial charge in [0, 0.05) is 61.8 Å². The summed E-state index contributed by atoms with van der Waals surface area (Å²) in [6.07, 6.45) is 3.65. The van der Waals surface area contributed by atoms with E-state index >= 15 is 0 Å². The van der Waals surface area contributed by atoms with Crippen LogP contribution in [0, 0.1) is 40.4 Å². The van der Waals surface area contributed by atoms with Crippen LogP contribution in [0.25, 0.3) is 0 Å². The van der Waals surface area contributed by atoms with Crippen LogP contribution in [0.2, 0.25) is 0 Å². The normalized spacial score (nSPS) is 62.5. The highest BCUT2D eigenvalue weighted by Gasteiger charge is 2.83. The molecule has 6 fully saturated rings. The van der Waals surface area contributed by atoms with Crippen molar-refractivity contribution in [2.24, 2.45) is 40.4 Å². The molecule has 12 atom stereocenters. The van der Waals surface area contributed by atoms with Crippen LogP contribution in [0.4, 0.5) is 0 Å².